The van der Waals surface area contributed by atoms with Crippen molar-refractivity contribution in [2.24, 2.45) is 5.10 Å². The third-order valence-corrected chi connectivity index (χ3v) is 3.59. The number of hydrazone groups is 1. The van der Waals surface area contributed by atoms with Crippen LogP contribution in [0.15, 0.2) is 46.1 Å². The lowest BCUT2D eigenvalue weighted by molar-refractivity contribution is 1.22. The second kappa shape index (κ2) is 6.37. The number of nitrogens with zero attached hydrogens (tertiary/aromatic N) is 2. The summed E-state index contributed by atoms with van der Waals surface area (Å²) in [5.41, 5.74) is 4.65. The topological polar surface area (TPSA) is 37.3 Å². The van der Waals surface area contributed by atoms with Gasteiger partial charge in [-0.1, -0.05) is 57.3 Å². The largest absolute Gasteiger partial charge is 0.260 e. The first-order valence-corrected chi connectivity index (χ1v) is 6.99. The average molecular weight is 359 g/mol. The lowest BCUT2D eigenvalue weighted by atomic mass is 10.1. The second-order valence-electron chi connectivity index (χ2n) is 3.77. The number of hydrogen-bond donors (Lipinski definition) is 1. The molecule has 1 N–H and O–H groups in total. The van der Waals surface area contributed by atoms with Gasteiger partial charge in [-0.15, -0.1) is 0 Å². The van der Waals surface area contributed by atoms with Gasteiger partial charge in [0.1, 0.15) is 0 Å². The van der Waals surface area contributed by atoms with Gasteiger partial charge in [0.05, 0.1) is 15.8 Å². The normalized spacial score (nSPS) is 11.5. The van der Waals surface area contributed by atoms with Crippen LogP contribution in [0.3, 0.4) is 0 Å². The number of nitrogens with one attached hydrogen (secondary N) is 1. The average Bonchev–Trinajstić information content (AvgIpc) is 2.38. The number of halogens is 3. The molecule has 0 amide bonds. The number of rotatable bonds is 3. The van der Waals surface area contributed by atoms with Gasteiger partial charge in [-0.2, -0.15) is 5.10 Å². The smallest absolute Gasteiger partial charge is 0.165 e. The fourth-order valence-corrected chi connectivity index (χ4v) is 2.44. The molecule has 0 aliphatic carbocycles. The zero-order valence-electron chi connectivity index (χ0n) is 9.99. The Kier molecular flexibility index (Phi) is 4.80. The Morgan fingerprint density at radius 1 is 1.32 bits per heavy atom. The van der Waals surface area contributed by atoms with Crippen molar-refractivity contribution in [3.05, 3.63) is 56.6 Å². The van der Waals surface area contributed by atoms with Gasteiger partial charge < -0.3 is 0 Å². The van der Waals surface area contributed by atoms with Crippen molar-refractivity contribution in [3.63, 3.8) is 0 Å². The SMILES string of the molecule is C/C(=N/Nc1ncc(Cl)cc1Cl)c1ccccc1Br. The van der Waals surface area contributed by atoms with E-state index in [4.69, 9.17) is 23.2 Å². The highest BCUT2D eigenvalue weighted by Gasteiger charge is 2.04. The Morgan fingerprint density at radius 3 is 2.74 bits per heavy atom. The molecular formula is C13H10BrCl2N3. The highest BCUT2D eigenvalue weighted by molar-refractivity contribution is 9.10. The molecule has 0 aliphatic rings. The van der Waals surface area contributed by atoms with E-state index in [1.807, 2.05) is 31.2 Å². The van der Waals surface area contributed by atoms with E-state index in [0.717, 1.165) is 15.7 Å². The zero-order valence-corrected chi connectivity index (χ0v) is 13.1. The van der Waals surface area contributed by atoms with Gasteiger partial charge in [-0.05, 0) is 19.1 Å². The van der Waals surface area contributed by atoms with Gasteiger partial charge in [-0.25, -0.2) is 4.98 Å². The molecule has 2 rings (SSSR count). The minimum Gasteiger partial charge on any atom is -0.260 e. The van der Waals surface area contributed by atoms with Crippen molar-refractivity contribution in [2.75, 3.05) is 5.43 Å². The van der Waals surface area contributed by atoms with Crippen LogP contribution in [-0.2, 0) is 0 Å². The summed E-state index contributed by atoms with van der Waals surface area (Å²) in [4.78, 5) is 4.07. The third-order valence-electron chi connectivity index (χ3n) is 2.40. The van der Waals surface area contributed by atoms with Crippen LogP contribution >= 0.6 is 39.1 Å². The van der Waals surface area contributed by atoms with Gasteiger partial charge in [0, 0.05) is 16.2 Å². The van der Waals surface area contributed by atoms with Crippen LogP contribution in [0.5, 0.6) is 0 Å². The summed E-state index contributed by atoms with van der Waals surface area (Å²) >= 11 is 15.3. The Labute approximate surface area is 129 Å². The molecule has 1 aromatic carbocycles. The monoisotopic (exact) mass is 357 g/mol. The van der Waals surface area contributed by atoms with Crippen LogP contribution in [0.4, 0.5) is 5.82 Å². The van der Waals surface area contributed by atoms with E-state index < -0.39 is 0 Å². The molecule has 2 aromatic rings. The van der Waals surface area contributed by atoms with E-state index in [9.17, 15) is 0 Å². The Hall–Kier alpha value is -1.10. The summed E-state index contributed by atoms with van der Waals surface area (Å²) in [5, 5.41) is 5.18. The van der Waals surface area contributed by atoms with Crippen molar-refractivity contribution in [1.29, 1.82) is 0 Å². The first kappa shape index (κ1) is 14.3. The number of aromatic nitrogens is 1. The van der Waals surface area contributed by atoms with Gasteiger partial charge >= 0.3 is 0 Å². The van der Waals surface area contributed by atoms with E-state index in [1.165, 1.54) is 6.20 Å². The minimum atomic E-state index is 0.427. The number of hydrogen-bond acceptors (Lipinski definition) is 3. The summed E-state index contributed by atoms with van der Waals surface area (Å²) in [5.74, 6) is 0.470. The van der Waals surface area contributed by atoms with Crippen molar-refractivity contribution in [3.8, 4) is 0 Å². The van der Waals surface area contributed by atoms with Gasteiger partial charge in [-0.3, -0.25) is 5.43 Å². The standard InChI is InChI=1S/C13H10BrCl2N3/c1-8(10-4-2-3-5-11(10)14)18-19-13-12(16)6-9(15)7-17-13/h2-7H,1H3,(H,17,19)/b18-8-. The van der Waals surface area contributed by atoms with E-state index in [1.54, 1.807) is 6.07 Å². The van der Waals surface area contributed by atoms with E-state index >= 15 is 0 Å². The molecule has 1 aromatic heterocycles. The third kappa shape index (κ3) is 3.69. The van der Waals surface area contributed by atoms with E-state index in [2.05, 4.69) is 31.4 Å². The molecule has 1 heterocycles. The van der Waals surface area contributed by atoms with Crippen LogP contribution in [-0.4, -0.2) is 10.7 Å². The predicted molar refractivity (Wildman–Crippen MR) is 84.2 cm³/mol. The number of pyridine rings is 1. The minimum absolute atomic E-state index is 0.427. The first-order valence-electron chi connectivity index (χ1n) is 5.44. The molecule has 6 heteroatoms. The molecule has 3 nitrogen and oxygen atoms in total. The van der Waals surface area contributed by atoms with Crippen LogP contribution in [0.2, 0.25) is 10.0 Å². The summed E-state index contributed by atoms with van der Waals surface area (Å²) in [6.45, 7) is 1.90. The van der Waals surface area contributed by atoms with Crippen LogP contribution < -0.4 is 5.43 Å². The number of anilines is 1. The zero-order chi connectivity index (χ0) is 13.8. The summed E-state index contributed by atoms with van der Waals surface area (Å²) < 4.78 is 0.980. The van der Waals surface area contributed by atoms with E-state index in [0.29, 0.717) is 15.9 Å². The molecule has 0 bridgehead atoms. The van der Waals surface area contributed by atoms with Crippen molar-refractivity contribution < 1.29 is 0 Å². The molecule has 98 valence electrons. The van der Waals surface area contributed by atoms with Gasteiger partial charge in [0.25, 0.3) is 0 Å². The maximum atomic E-state index is 6.00. The molecule has 0 atom stereocenters. The molecular weight excluding hydrogens is 349 g/mol. The number of benzene rings is 1. The van der Waals surface area contributed by atoms with Crippen LogP contribution in [0.25, 0.3) is 0 Å². The molecule has 0 aliphatic heterocycles. The second-order valence-corrected chi connectivity index (χ2v) is 5.47. The fourth-order valence-electron chi connectivity index (χ4n) is 1.45. The van der Waals surface area contributed by atoms with Crippen LogP contribution in [0, 0.1) is 0 Å². The summed E-state index contributed by atoms with van der Waals surface area (Å²) in [6, 6.07) is 9.45. The Morgan fingerprint density at radius 2 is 2.05 bits per heavy atom. The van der Waals surface area contributed by atoms with Gasteiger partial charge in [0.2, 0.25) is 0 Å². The van der Waals surface area contributed by atoms with Crippen molar-refractivity contribution in [2.45, 2.75) is 6.92 Å². The Bertz CT molecular complexity index is 629. The maximum Gasteiger partial charge on any atom is 0.165 e. The highest BCUT2D eigenvalue weighted by atomic mass is 79.9. The lowest BCUT2D eigenvalue weighted by Gasteiger charge is -2.06. The van der Waals surface area contributed by atoms with Gasteiger partial charge in [0.15, 0.2) is 5.82 Å². The predicted octanol–water partition coefficient (Wildman–Crippen LogP) is 4.99. The molecule has 0 radical (unpaired) electrons. The lowest BCUT2D eigenvalue weighted by Crippen LogP contribution is -2.01. The molecule has 0 fully saturated rings. The summed E-state index contributed by atoms with van der Waals surface area (Å²) in [6.07, 6.45) is 1.51. The quantitative estimate of drug-likeness (QED) is 0.620. The van der Waals surface area contributed by atoms with E-state index in [-0.39, 0.29) is 0 Å². The van der Waals surface area contributed by atoms with Crippen molar-refractivity contribution >= 4 is 50.7 Å². The summed E-state index contributed by atoms with van der Waals surface area (Å²) in [7, 11) is 0. The molecule has 0 saturated carbocycles. The van der Waals surface area contributed by atoms with Crippen molar-refractivity contribution in [1.82, 2.24) is 4.98 Å². The molecule has 0 unspecified atom stereocenters. The fraction of sp³-hybridized carbons (Fsp3) is 0.0769. The highest BCUT2D eigenvalue weighted by Crippen LogP contribution is 2.23. The molecule has 0 saturated heterocycles. The first-order chi connectivity index (χ1) is 9.08. The Balaban J connectivity index is 2.21. The van der Waals surface area contributed by atoms with Crippen LogP contribution in [0.1, 0.15) is 12.5 Å². The maximum absolute atomic E-state index is 6.00. The molecule has 0 spiro atoms. The molecule has 19 heavy (non-hydrogen) atoms.